The molecule has 4 N–H and O–H groups in total. The largest absolute Gasteiger partial charge is 0.508 e. The van der Waals surface area contributed by atoms with Crippen LogP contribution in [0.2, 0.25) is 0 Å². The fourth-order valence-electron chi connectivity index (χ4n) is 2.26. The quantitative estimate of drug-likeness (QED) is 0.581. The number of anilines is 1. The minimum atomic E-state index is -0.227. The molecule has 19 heavy (non-hydrogen) atoms. The van der Waals surface area contributed by atoms with E-state index in [1.165, 1.54) is 0 Å². The summed E-state index contributed by atoms with van der Waals surface area (Å²) in [6, 6.07) is 10.2. The zero-order valence-electron chi connectivity index (χ0n) is 10.3. The summed E-state index contributed by atoms with van der Waals surface area (Å²) in [6.07, 6.45) is 0. The number of aromatic nitrogens is 2. The predicted octanol–water partition coefficient (Wildman–Crippen LogP) is 1.92. The summed E-state index contributed by atoms with van der Waals surface area (Å²) in [5, 5.41) is 9.44. The lowest BCUT2D eigenvalue weighted by molar-refractivity contribution is 0.475. The maximum atomic E-state index is 12.1. The molecule has 0 atom stereocenters. The molecule has 0 unspecified atom stereocenters. The molecule has 0 aliphatic carbocycles. The van der Waals surface area contributed by atoms with E-state index < -0.39 is 0 Å². The Morgan fingerprint density at radius 2 is 2.00 bits per heavy atom. The van der Waals surface area contributed by atoms with Gasteiger partial charge in [0, 0.05) is 5.69 Å². The second kappa shape index (κ2) is 3.91. The molecular formula is C14H13N3O2. The molecule has 3 aromatic rings. The van der Waals surface area contributed by atoms with Gasteiger partial charge in [-0.15, -0.1) is 0 Å². The molecule has 1 heterocycles. The highest BCUT2D eigenvalue weighted by Crippen LogP contribution is 2.22. The number of H-pyrrole nitrogens is 1. The third-order valence-electron chi connectivity index (χ3n) is 3.13. The van der Waals surface area contributed by atoms with Gasteiger partial charge >= 0.3 is 5.69 Å². The van der Waals surface area contributed by atoms with Crippen LogP contribution in [0.5, 0.6) is 5.75 Å². The summed E-state index contributed by atoms with van der Waals surface area (Å²) >= 11 is 0. The summed E-state index contributed by atoms with van der Waals surface area (Å²) in [5.74, 6) is 0.179. The van der Waals surface area contributed by atoms with Gasteiger partial charge in [-0.25, -0.2) is 4.79 Å². The van der Waals surface area contributed by atoms with Crippen LogP contribution in [-0.4, -0.2) is 14.7 Å². The highest BCUT2D eigenvalue weighted by atomic mass is 16.3. The summed E-state index contributed by atoms with van der Waals surface area (Å²) in [6.45, 7) is 1.84. The van der Waals surface area contributed by atoms with E-state index in [-0.39, 0.29) is 11.4 Å². The van der Waals surface area contributed by atoms with E-state index in [1.807, 2.05) is 6.92 Å². The summed E-state index contributed by atoms with van der Waals surface area (Å²) < 4.78 is 1.57. The number of aromatic hydroxyl groups is 1. The van der Waals surface area contributed by atoms with Crippen LogP contribution in [0, 0.1) is 6.92 Å². The highest BCUT2D eigenvalue weighted by Gasteiger charge is 2.11. The van der Waals surface area contributed by atoms with Crippen LogP contribution in [0.4, 0.5) is 5.69 Å². The zero-order chi connectivity index (χ0) is 13.6. The Hall–Kier alpha value is -2.69. The van der Waals surface area contributed by atoms with Gasteiger partial charge in [0.2, 0.25) is 0 Å². The molecule has 3 rings (SSSR count). The number of nitrogens with zero attached hydrogens (tertiary/aromatic N) is 1. The summed E-state index contributed by atoms with van der Waals surface area (Å²) in [5.41, 5.74) is 9.08. The van der Waals surface area contributed by atoms with Gasteiger partial charge in [0.05, 0.1) is 16.7 Å². The average molecular weight is 255 g/mol. The minimum absolute atomic E-state index is 0.179. The van der Waals surface area contributed by atoms with Gasteiger partial charge < -0.3 is 15.8 Å². The van der Waals surface area contributed by atoms with Gasteiger partial charge in [-0.1, -0.05) is 0 Å². The molecule has 0 spiro atoms. The molecule has 0 fully saturated rings. The van der Waals surface area contributed by atoms with E-state index in [1.54, 1.807) is 41.0 Å². The number of fused-ring (bicyclic) bond motifs is 1. The molecule has 5 nitrogen and oxygen atoms in total. The van der Waals surface area contributed by atoms with Crippen molar-refractivity contribution in [3.05, 3.63) is 52.4 Å². The number of rotatable bonds is 1. The SMILES string of the molecule is Cc1cc(O)ccc1-n1c(=O)[nH]c2cc(N)ccc21. The van der Waals surface area contributed by atoms with E-state index in [9.17, 15) is 9.90 Å². The number of aromatic amines is 1. The van der Waals surface area contributed by atoms with Crippen molar-refractivity contribution >= 4 is 16.7 Å². The Labute approximate surface area is 108 Å². The Morgan fingerprint density at radius 3 is 2.74 bits per heavy atom. The van der Waals surface area contributed by atoms with Crippen molar-refractivity contribution in [2.45, 2.75) is 6.92 Å². The third-order valence-corrected chi connectivity index (χ3v) is 3.13. The van der Waals surface area contributed by atoms with Crippen molar-refractivity contribution in [3.8, 4) is 11.4 Å². The maximum absolute atomic E-state index is 12.1. The van der Waals surface area contributed by atoms with Gasteiger partial charge in [0.15, 0.2) is 0 Å². The second-order valence-electron chi connectivity index (χ2n) is 4.51. The van der Waals surface area contributed by atoms with E-state index >= 15 is 0 Å². The topological polar surface area (TPSA) is 84.0 Å². The van der Waals surface area contributed by atoms with Crippen LogP contribution in [0.1, 0.15) is 5.56 Å². The van der Waals surface area contributed by atoms with Crippen molar-refractivity contribution in [1.29, 1.82) is 0 Å². The van der Waals surface area contributed by atoms with E-state index in [4.69, 9.17) is 5.73 Å². The average Bonchev–Trinajstić information content (AvgIpc) is 2.65. The van der Waals surface area contributed by atoms with Crippen LogP contribution in [0.3, 0.4) is 0 Å². The van der Waals surface area contributed by atoms with Crippen LogP contribution in [0.25, 0.3) is 16.7 Å². The first-order valence-corrected chi connectivity index (χ1v) is 5.86. The molecule has 0 amide bonds. The van der Waals surface area contributed by atoms with Crippen molar-refractivity contribution in [3.63, 3.8) is 0 Å². The van der Waals surface area contributed by atoms with Crippen LogP contribution < -0.4 is 11.4 Å². The smallest absolute Gasteiger partial charge is 0.331 e. The first-order valence-electron chi connectivity index (χ1n) is 5.86. The standard InChI is InChI=1S/C14H13N3O2/c1-8-6-10(18)3-5-12(8)17-13-4-2-9(15)7-11(13)16-14(17)19/h2-7,18H,15H2,1H3,(H,16,19). The van der Waals surface area contributed by atoms with E-state index in [0.717, 1.165) is 16.8 Å². The maximum Gasteiger partial charge on any atom is 0.331 e. The lowest BCUT2D eigenvalue weighted by Gasteiger charge is -2.07. The number of nitrogens with two attached hydrogens (primary N) is 1. The summed E-state index contributed by atoms with van der Waals surface area (Å²) in [4.78, 5) is 14.9. The molecule has 96 valence electrons. The lowest BCUT2D eigenvalue weighted by Crippen LogP contribution is -2.15. The molecule has 1 aromatic heterocycles. The van der Waals surface area contributed by atoms with Gasteiger partial charge in [-0.05, 0) is 48.9 Å². The Bertz CT molecular complexity index is 830. The molecule has 0 saturated carbocycles. The zero-order valence-corrected chi connectivity index (χ0v) is 10.3. The van der Waals surface area contributed by atoms with Crippen molar-refractivity contribution in [1.82, 2.24) is 9.55 Å². The van der Waals surface area contributed by atoms with Crippen LogP contribution in [0.15, 0.2) is 41.2 Å². The van der Waals surface area contributed by atoms with Crippen LogP contribution >= 0.6 is 0 Å². The minimum Gasteiger partial charge on any atom is -0.508 e. The Morgan fingerprint density at radius 1 is 1.21 bits per heavy atom. The first kappa shape index (κ1) is 11.4. The van der Waals surface area contributed by atoms with E-state index in [0.29, 0.717) is 11.2 Å². The number of phenolic OH excluding ortho intramolecular Hbond substituents is 1. The number of nitrogens with one attached hydrogen (secondary N) is 1. The first-order chi connectivity index (χ1) is 9.06. The number of benzene rings is 2. The fourth-order valence-corrected chi connectivity index (χ4v) is 2.26. The summed E-state index contributed by atoms with van der Waals surface area (Å²) in [7, 11) is 0. The monoisotopic (exact) mass is 255 g/mol. The molecule has 0 saturated heterocycles. The fraction of sp³-hybridized carbons (Fsp3) is 0.0714. The number of phenols is 1. The third kappa shape index (κ3) is 1.76. The normalized spacial score (nSPS) is 11.0. The Balaban J connectivity index is 2.36. The number of nitrogen functional groups attached to an aromatic ring is 1. The number of hydrogen-bond donors (Lipinski definition) is 3. The second-order valence-corrected chi connectivity index (χ2v) is 4.51. The molecule has 0 radical (unpaired) electrons. The van der Waals surface area contributed by atoms with Gasteiger partial charge in [0.25, 0.3) is 0 Å². The van der Waals surface area contributed by atoms with Gasteiger partial charge in [0.1, 0.15) is 5.75 Å². The Kier molecular flexibility index (Phi) is 2.35. The molecule has 5 heteroatoms. The van der Waals surface area contributed by atoms with E-state index in [2.05, 4.69) is 4.98 Å². The van der Waals surface area contributed by atoms with Crippen molar-refractivity contribution in [2.24, 2.45) is 0 Å². The molecular weight excluding hydrogens is 242 g/mol. The molecule has 2 aromatic carbocycles. The molecule has 0 bridgehead atoms. The molecule has 0 aliphatic heterocycles. The predicted molar refractivity (Wildman–Crippen MR) is 74.7 cm³/mol. The lowest BCUT2D eigenvalue weighted by atomic mass is 10.2. The van der Waals surface area contributed by atoms with Crippen molar-refractivity contribution < 1.29 is 5.11 Å². The molecule has 0 aliphatic rings. The van der Waals surface area contributed by atoms with Gasteiger partial charge in [-0.3, -0.25) is 4.57 Å². The highest BCUT2D eigenvalue weighted by molar-refractivity contribution is 5.80. The van der Waals surface area contributed by atoms with Crippen molar-refractivity contribution in [2.75, 3.05) is 5.73 Å². The number of aryl methyl sites for hydroxylation is 1. The number of hydrogen-bond acceptors (Lipinski definition) is 3. The number of imidazole rings is 1. The van der Waals surface area contributed by atoms with Gasteiger partial charge in [-0.2, -0.15) is 0 Å². The van der Waals surface area contributed by atoms with Crippen LogP contribution in [-0.2, 0) is 0 Å².